The maximum absolute atomic E-state index is 11.8. The van der Waals surface area contributed by atoms with Crippen LogP contribution in [0.2, 0.25) is 0 Å². The number of nitrogens with one attached hydrogen (secondary N) is 1. The van der Waals surface area contributed by atoms with Gasteiger partial charge in [0.25, 0.3) is 0 Å². The van der Waals surface area contributed by atoms with Crippen molar-refractivity contribution in [1.82, 2.24) is 10.2 Å². The average molecular weight is 240 g/mol. The largest absolute Gasteiger partial charge is 0.448 e. The summed E-state index contributed by atoms with van der Waals surface area (Å²) in [5.41, 5.74) is 0. The molecule has 0 spiro atoms. The fourth-order valence-electron chi connectivity index (χ4n) is 2.44. The molecule has 0 radical (unpaired) electrons. The Kier molecular flexibility index (Phi) is 4.23. The van der Waals surface area contributed by atoms with Crippen molar-refractivity contribution in [3.63, 3.8) is 0 Å². The van der Waals surface area contributed by atoms with Gasteiger partial charge in [-0.2, -0.15) is 0 Å². The normalized spacial score (nSPS) is 22.1. The smallest absolute Gasteiger partial charge is 0.410 e. The van der Waals surface area contributed by atoms with Crippen LogP contribution in [0.3, 0.4) is 0 Å². The van der Waals surface area contributed by atoms with E-state index in [4.69, 9.17) is 4.74 Å². The molecule has 96 valence electrons. The van der Waals surface area contributed by atoms with Gasteiger partial charge in [0.2, 0.25) is 5.91 Å². The summed E-state index contributed by atoms with van der Waals surface area (Å²) in [6.45, 7) is 1.06. The molecule has 0 unspecified atom stereocenters. The van der Waals surface area contributed by atoms with Crippen molar-refractivity contribution in [3.05, 3.63) is 0 Å². The van der Waals surface area contributed by atoms with E-state index < -0.39 is 0 Å². The molecule has 2 rings (SSSR count). The molecule has 5 nitrogen and oxygen atoms in total. The van der Waals surface area contributed by atoms with Crippen molar-refractivity contribution in [2.45, 2.75) is 44.6 Å². The van der Waals surface area contributed by atoms with E-state index in [1.165, 1.54) is 30.6 Å². The molecule has 1 saturated carbocycles. The van der Waals surface area contributed by atoms with Crippen molar-refractivity contribution in [3.8, 4) is 0 Å². The molecule has 17 heavy (non-hydrogen) atoms. The minimum Gasteiger partial charge on any atom is -0.448 e. The molecule has 1 aliphatic carbocycles. The number of nitrogens with zero attached hydrogens (tertiary/aromatic N) is 1. The monoisotopic (exact) mass is 240 g/mol. The van der Waals surface area contributed by atoms with E-state index in [1.807, 2.05) is 0 Å². The third kappa shape index (κ3) is 3.61. The first-order valence-electron chi connectivity index (χ1n) is 6.47. The maximum Gasteiger partial charge on any atom is 0.410 e. The Bertz CT molecular complexity index is 285. The molecule has 0 bridgehead atoms. The fourth-order valence-corrected chi connectivity index (χ4v) is 2.44. The number of rotatable bonds is 3. The Morgan fingerprint density at radius 3 is 2.59 bits per heavy atom. The van der Waals surface area contributed by atoms with E-state index in [1.54, 1.807) is 0 Å². The zero-order chi connectivity index (χ0) is 12.1. The van der Waals surface area contributed by atoms with E-state index in [-0.39, 0.29) is 18.5 Å². The van der Waals surface area contributed by atoms with Crippen molar-refractivity contribution in [1.29, 1.82) is 0 Å². The van der Waals surface area contributed by atoms with Crippen LogP contribution in [0, 0.1) is 0 Å². The zero-order valence-electron chi connectivity index (χ0n) is 10.1. The van der Waals surface area contributed by atoms with Gasteiger partial charge in [-0.05, 0) is 12.8 Å². The number of amides is 2. The van der Waals surface area contributed by atoms with Gasteiger partial charge < -0.3 is 10.1 Å². The minimum atomic E-state index is -0.374. The van der Waals surface area contributed by atoms with Gasteiger partial charge in [-0.15, -0.1) is 0 Å². The summed E-state index contributed by atoms with van der Waals surface area (Å²) in [6.07, 6.45) is 6.68. The van der Waals surface area contributed by atoms with E-state index in [0.717, 1.165) is 12.8 Å². The van der Waals surface area contributed by atoms with Crippen LogP contribution in [0.15, 0.2) is 0 Å². The standard InChI is InChI=1S/C12H20N2O3/c15-11(9-14-7-8-17-12(14)16)13-10-5-3-1-2-4-6-10/h10H,1-9H2,(H,13,15). The van der Waals surface area contributed by atoms with E-state index in [9.17, 15) is 9.59 Å². The van der Waals surface area contributed by atoms with E-state index in [2.05, 4.69) is 5.32 Å². The third-order valence-corrected chi connectivity index (χ3v) is 3.40. The Balaban J connectivity index is 1.74. The molecular formula is C12H20N2O3. The zero-order valence-corrected chi connectivity index (χ0v) is 10.1. The molecule has 5 heteroatoms. The van der Waals surface area contributed by atoms with E-state index >= 15 is 0 Å². The van der Waals surface area contributed by atoms with Crippen LogP contribution in [0.5, 0.6) is 0 Å². The lowest BCUT2D eigenvalue weighted by molar-refractivity contribution is -0.122. The second kappa shape index (κ2) is 5.89. The highest BCUT2D eigenvalue weighted by atomic mass is 16.6. The van der Waals surface area contributed by atoms with Crippen LogP contribution in [0.4, 0.5) is 4.79 Å². The number of cyclic esters (lactones) is 1. The molecule has 2 aliphatic rings. The molecule has 0 aromatic carbocycles. The Morgan fingerprint density at radius 1 is 1.29 bits per heavy atom. The highest BCUT2D eigenvalue weighted by molar-refractivity contribution is 5.82. The minimum absolute atomic E-state index is 0.0595. The fraction of sp³-hybridized carbons (Fsp3) is 0.833. The van der Waals surface area contributed by atoms with Gasteiger partial charge in [-0.3, -0.25) is 9.69 Å². The van der Waals surface area contributed by atoms with Crippen LogP contribution in [-0.4, -0.2) is 42.6 Å². The van der Waals surface area contributed by atoms with Crippen LogP contribution >= 0.6 is 0 Å². The van der Waals surface area contributed by atoms with Crippen LogP contribution in [-0.2, 0) is 9.53 Å². The lowest BCUT2D eigenvalue weighted by Crippen LogP contribution is -2.42. The molecule has 2 fully saturated rings. The van der Waals surface area contributed by atoms with Crippen molar-refractivity contribution < 1.29 is 14.3 Å². The molecular weight excluding hydrogens is 220 g/mol. The van der Waals surface area contributed by atoms with E-state index in [0.29, 0.717) is 19.2 Å². The van der Waals surface area contributed by atoms with Crippen molar-refractivity contribution in [2.75, 3.05) is 19.7 Å². The molecule has 1 N–H and O–H groups in total. The topological polar surface area (TPSA) is 58.6 Å². The number of carbonyl (C=O) groups excluding carboxylic acids is 2. The summed E-state index contributed by atoms with van der Waals surface area (Å²) in [6, 6.07) is 0.295. The van der Waals surface area contributed by atoms with Crippen LogP contribution < -0.4 is 5.32 Å². The van der Waals surface area contributed by atoms with Gasteiger partial charge in [0.05, 0.1) is 6.54 Å². The third-order valence-electron chi connectivity index (χ3n) is 3.40. The summed E-state index contributed by atoms with van der Waals surface area (Å²) in [4.78, 5) is 24.4. The lowest BCUT2D eigenvalue weighted by Gasteiger charge is -2.18. The second-order valence-electron chi connectivity index (χ2n) is 4.79. The maximum atomic E-state index is 11.8. The molecule has 2 amide bonds. The highest BCUT2D eigenvalue weighted by Crippen LogP contribution is 2.17. The number of ether oxygens (including phenoxy) is 1. The summed E-state index contributed by atoms with van der Waals surface area (Å²) in [5.74, 6) is -0.0595. The first-order valence-corrected chi connectivity index (χ1v) is 6.47. The van der Waals surface area contributed by atoms with Gasteiger partial charge in [0.15, 0.2) is 0 Å². The summed E-state index contributed by atoms with van der Waals surface area (Å²) in [5, 5.41) is 3.02. The molecule has 0 aromatic rings. The van der Waals surface area contributed by atoms with Crippen molar-refractivity contribution in [2.24, 2.45) is 0 Å². The summed E-state index contributed by atoms with van der Waals surface area (Å²) >= 11 is 0. The molecule has 0 aromatic heterocycles. The molecule has 1 saturated heterocycles. The molecule has 0 atom stereocenters. The van der Waals surface area contributed by atoms with Crippen molar-refractivity contribution >= 4 is 12.0 Å². The highest BCUT2D eigenvalue weighted by Gasteiger charge is 2.25. The van der Waals surface area contributed by atoms with Gasteiger partial charge in [0, 0.05) is 6.04 Å². The van der Waals surface area contributed by atoms with Gasteiger partial charge in [-0.1, -0.05) is 25.7 Å². The first kappa shape index (κ1) is 12.2. The average Bonchev–Trinajstić information content (AvgIpc) is 2.55. The molecule has 1 aliphatic heterocycles. The van der Waals surface area contributed by atoms with Crippen LogP contribution in [0.1, 0.15) is 38.5 Å². The molecule has 1 heterocycles. The quantitative estimate of drug-likeness (QED) is 0.756. The number of hydrogen-bond acceptors (Lipinski definition) is 3. The second-order valence-corrected chi connectivity index (χ2v) is 4.79. The van der Waals surface area contributed by atoms with Crippen LogP contribution in [0.25, 0.3) is 0 Å². The van der Waals surface area contributed by atoms with Gasteiger partial charge >= 0.3 is 6.09 Å². The predicted molar refractivity (Wildman–Crippen MR) is 62.6 cm³/mol. The first-order chi connectivity index (χ1) is 8.25. The number of carbonyl (C=O) groups is 2. The van der Waals surface area contributed by atoms with Gasteiger partial charge in [-0.25, -0.2) is 4.79 Å². The van der Waals surface area contributed by atoms with Gasteiger partial charge in [0.1, 0.15) is 13.2 Å². The summed E-state index contributed by atoms with van der Waals surface area (Å²) < 4.78 is 4.78. The Hall–Kier alpha value is -1.26. The Labute approximate surface area is 101 Å². The lowest BCUT2D eigenvalue weighted by atomic mass is 10.1. The summed E-state index contributed by atoms with van der Waals surface area (Å²) in [7, 11) is 0. The number of hydrogen-bond donors (Lipinski definition) is 1. The SMILES string of the molecule is O=C(CN1CCOC1=O)NC1CCCCCC1. The Morgan fingerprint density at radius 2 is 2.00 bits per heavy atom. The predicted octanol–water partition coefficient (Wildman–Crippen LogP) is 1.28.